The molecule has 1 aliphatic heterocycles. The molecule has 2 aromatic rings. The van der Waals surface area contributed by atoms with Crippen molar-refractivity contribution in [2.24, 2.45) is 0 Å². The first-order valence-electron chi connectivity index (χ1n) is 7.43. The fraction of sp³-hybridized carbons (Fsp3) is 0.105. The predicted octanol–water partition coefficient (Wildman–Crippen LogP) is 3.01. The number of esters is 2. The number of hydrogen-bond acceptors (Lipinski definition) is 6. The zero-order chi connectivity index (χ0) is 18.0. The first-order chi connectivity index (χ1) is 12.0. The molecule has 6 heteroatoms. The molecule has 0 bridgehead atoms. The Bertz CT molecular complexity index is 893. The number of carbonyl (C=O) groups excluding carboxylic acids is 3. The second kappa shape index (κ2) is 6.60. The summed E-state index contributed by atoms with van der Waals surface area (Å²) >= 11 is 0. The standard InChI is InChI=1S/C19H14O6/c1-11(20)24-14-7-8-15-16(10-14)25-17(18(15)21)9-12-3-5-13(6-4-12)19(22)23-2/h3-10H,1-2H3. The van der Waals surface area contributed by atoms with Crippen LogP contribution in [0.15, 0.2) is 48.2 Å². The molecule has 1 heterocycles. The SMILES string of the molecule is COC(=O)c1ccc(C=C2Oc3cc(OC(C)=O)ccc3C2=O)cc1. The van der Waals surface area contributed by atoms with E-state index in [4.69, 9.17) is 9.47 Å². The second-order valence-corrected chi connectivity index (χ2v) is 5.30. The number of ketones is 1. The summed E-state index contributed by atoms with van der Waals surface area (Å²) in [6.45, 7) is 1.29. The molecule has 0 saturated carbocycles. The summed E-state index contributed by atoms with van der Waals surface area (Å²) in [5.74, 6) is -0.352. The minimum absolute atomic E-state index is 0.154. The Kier molecular flexibility index (Phi) is 4.35. The van der Waals surface area contributed by atoms with Gasteiger partial charge in [-0.2, -0.15) is 0 Å². The molecular formula is C19H14O6. The fourth-order valence-corrected chi connectivity index (χ4v) is 2.38. The van der Waals surface area contributed by atoms with Crippen LogP contribution in [0.1, 0.15) is 33.2 Å². The van der Waals surface area contributed by atoms with E-state index in [1.54, 1.807) is 36.4 Å². The van der Waals surface area contributed by atoms with Gasteiger partial charge in [-0.15, -0.1) is 0 Å². The maximum Gasteiger partial charge on any atom is 0.337 e. The topological polar surface area (TPSA) is 78.9 Å². The Morgan fingerprint density at radius 3 is 2.44 bits per heavy atom. The highest BCUT2D eigenvalue weighted by molar-refractivity contribution is 6.14. The highest BCUT2D eigenvalue weighted by Gasteiger charge is 2.27. The van der Waals surface area contributed by atoms with Crippen LogP contribution in [-0.4, -0.2) is 24.8 Å². The van der Waals surface area contributed by atoms with Crippen LogP contribution < -0.4 is 9.47 Å². The minimum atomic E-state index is -0.453. The Balaban J connectivity index is 1.84. The summed E-state index contributed by atoms with van der Waals surface area (Å²) in [6.07, 6.45) is 1.58. The minimum Gasteiger partial charge on any atom is -0.465 e. The average Bonchev–Trinajstić information content (AvgIpc) is 2.89. The van der Waals surface area contributed by atoms with Gasteiger partial charge in [-0.25, -0.2) is 4.79 Å². The van der Waals surface area contributed by atoms with Crippen molar-refractivity contribution >= 4 is 23.8 Å². The zero-order valence-corrected chi connectivity index (χ0v) is 13.6. The number of Topliss-reactive ketones (excluding diaryl/α,β-unsaturated/α-hetero) is 1. The van der Waals surface area contributed by atoms with Gasteiger partial charge in [0, 0.05) is 13.0 Å². The Hall–Kier alpha value is -3.41. The molecule has 25 heavy (non-hydrogen) atoms. The van der Waals surface area contributed by atoms with Crippen LogP contribution in [0.4, 0.5) is 0 Å². The van der Waals surface area contributed by atoms with Gasteiger partial charge in [-0.05, 0) is 35.9 Å². The molecule has 0 N–H and O–H groups in total. The number of rotatable bonds is 3. The first kappa shape index (κ1) is 16.4. The van der Waals surface area contributed by atoms with Crippen molar-refractivity contribution in [3.63, 3.8) is 0 Å². The van der Waals surface area contributed by atoms with Crippen LogP contribution in [0, 0.1) is 0 Å². The molecule has 126 valence electrons. The first-order valence-corrected chi connectivity index (χ1v) is 7.43. The molecule has 1 aliphatic rings. The van der Waals surface area contributed by atoms with Crippen molar-refractivity contribution < 1.29 is 28.6 Å². The molecule has 0 atom stereocenters. The summed E-state index contributed by atoms with van der Waals surface area (Å²) in [4.78, 5) is 34.8. The molecule has 2 aromatic carbocycles. The molecule has 0 radical (unpaired) electrons. The van der Waals surface area contributed by atoms with Gasteiger partial charge in [0.05, 0.1) is 18.2 Å². The van der Waals surface area contributed by atoms with Gasteiger partial charge in [-0.1, -0.05) is 12.1 Å². The molecule has 6 nitrogen and oxygen atoms in total. The summed E-state index contributed by atoms with van der Waals surface area (Å²) in [6, 6.07) is 11.2. The third kappa shape index (κ3) is 3.42. The lowest BCUT2D eigenvalue weighted by Gasteiger charge is -2.03. The second-order valence-electron chi connectivity index (χ2n) is 5.30. The van der Waals surface area contributed by atoms with Crippen molar-refractivity contribution in [1.82, 2.24) is 0 Å². The van der Waals surface area contributed by atoms with E-state index in [0.717, 1.165) is 0 Å². The van der Waals surface area contributed by atoms with Gasteiger partial charge in [0.15, 0.2) is 5.76 Å². The molecule has 0 aromatic heterocycles. The van der Waals surface area contributed by atoms with Crippen LogP contribution in [0.3, 0.4) is 0 Å². The van der Waals surface area contributed by atoms with Crippen molar-refractivity contribution in [3.8, 4) is 11.5 Å². The predicted molar refractivity (Wildman–Crippen MR) is 88.5 cm³/mol. The number of benzene rings is 2. The molecule has 0 aliphatic carbocycles. The monoisotopic (exact) mass is 338 g/mol. The lowest BCUT2D eigenvalue weighted by Crippen LogP contribution is -2.01. The molecule has 0 amide bonds. The van der Waals surface area contributed by atoms with Gasteiger partial charge in [0.2, 0.25) is 5.78 Å². The van der Waals surface area contributed by atoms with Gasteiger partial charge < -0.3 is 14.2 Å². The molecular weight excluding hydrogens is 324 g/mol. The zero-order valence-electron chi connectivity index (χ0n) is 13.6. The van der Waals surface area contributed by atoms with E-state index in [2.05, 4.69) is 4.74 Å². The highest BCUT2D eigenvalue weighted by Crippen LogP contribution is 2.34. The van der Waals surface area contributed by atoms with Gasteiger partial charge in [0.25, 0.3) is 0 Å². The van der Waals surface area contributed by atoms with E-state index in [-0.39, 0.29) is 11.5 Å². The molecule has 0 fully saturated rings. The average molecular weight is 338 g/mol. The Labute approximate surface area is 143 Å². The van der Waals surface area contributed by atoms with E-state index in [1.807, 2.05) is 0 Å². The molecule has 0 spiro atoms. The van der Waals surface area contributed by atoms with Crippen molar-refractivity contribution in [2.45, 2.75) is 6.92 Å². The van der Waals surface area contributed by atoms with E-state index in [9.17, 15) is 14.4 Å². The number of ether oxygens (including phenoxy) is 3. The van der Waals surface area contributed by atoms with Crippen LogP contribution in [0.25, 0.3) is 6.08 Å². The van der Waals surface area contributed by atoms with E-state index < -0.39 is 11.9 Å². The normalized spacial score (nSPS) is 14.0. The number of hydrogen-bond donors (Lipinski definition) is 0. The van der Waals surface area contributed by atoms with E-state index in [1.165, 1.54) is 26.2 Å². The fourth-order valence-electron chi connectivity index (χ4n) is 2.38. The molecule has 0 unspecified atom stereocenters. The Morgan fingerprint density at radius 1 is 1.08 bits per heavy atom. The molecule has 0 saturated heterocycles. The van der Waals surface area contributed by atoms with Crippen LogP contribution in [-0.2, 0) is 9.53 Å². The van der Waals surface area contributed by atoms with E-state index in [0.29, 0.717) is 28.2 Å². The third-order valence-corrected chi connectivity index (χ3v) is 3.53. The lowest BCUT2D eigenvalue weighted by molar-refractivity contribution is -0.131. The smallest absolute Gasteiger partial charge is 0.337 e. The quantitative estimate of drug-likeness (QED) is 0.486. The number of methoxy groups -OCH3 is 1. The van der Waals surface area contributed by atoms with E-state index >= 15 is 0 Å². The van der Waals surface area contributed by atoms with Gasteiger partial charge >= 0.3 is 11.9 Å². The van der Waals surface area contributed by atoms with Gasteiger partial charge in [0.1, 0.15) is 11.5 Å². The third-order valence-electron chi connectivity index (χ3n) is 3.53. The van der Waals surface area contributed by atoms with Crippen molar-refractivity contribution in [3.05, 3.63) is 64.9 Å². The number of carbonyl (C=O) groups is 3. The summed E-state index contributed by atoms with van der Waals surface area (Å²) in [5, 5.41) is 0. The highest BCUT2D eigenvalue weighted by atomic mass is 16.5. The number of fused-ring (bicyclic) bond motifs is 1. The largest absolute Gasteiger partial charge is 0.465 e. The summed E-state index contributed by atoms with van der Waals surface area (Å²) < 4.78 is 15.2. The van der Waals surface area contributed by atoms with Crippen LogP contribution in [0.2, 0.25) is 0 Å². The number of allylic oxidation sites excluding steroid dienone is 1. The van der Waals surface area contributed by atoms with Crippen LogP contribution >= 0.6 is 0 Å². The summed E-state index contributed by atoms with van der Waals surface area (Å²) in [7, 11) is 1.31. The summed E-state index contributed by atoms with van der Waals surface area (Å²) in [5.41, 5.74) is 1.51. The van der Waals surface area contributed by atoms with Crippen molar-refractivity contribution in [1.29, 1.82) is 0 Å². The van der Waals surface area contributed by atoms with Gasteiger partial charge in [-0.3, -0.25) is 9.59 Å². The van der Waals surface area contributed by atoms with Crippen LogP contribution in [0.5, 0.6) is 11.5 Å². The van der Waals surface area contributed by atoms with Crippen molar-refractivity contribution in [2.75, 3.05) is 7.11 Å². The Morgan fingerprint density at radius 2 is 1.80 bits per heavy atom. The lowest BCUT2D eigenvalue weighted by atomic mass is 10.1. The molecule has 3 rings (SSSR count). The maximum absolute atomic E-state index is 12.4. The maximum atomic E-state index is 12.4.